The smallest absolute Gasteiger partial charge is 0.407 e. The number of H-pyrrole nitrogens is 2. The van der Waals surface area contributed by atoms with Crippen LogP contribution >= 0.6 is 22.7 Å². The van der Waals surface area contributed by atoms with Gasteiger partial charge in [0.25, 0.3) is 5.91 Å². The minimum absolute atomic E-state index is 0.0792. The van der Waals surface area contributed by atoms with Crippen molar-refractivity contribution >= 4 is 40.6 Å². The summed E-state index contributed by atoms with van der Waals surface area (Å²) in [5.74, 6) is 1.36. The molecule has 3 N–H and O–H groups in total. The fourth-order valence-electron chi connectivity index (χ4n) is 7.07. The van der Waals surface area contributed by atoms with Crippen LogP contribution in [-0.4, -0.2) is 77.8 Å². The number of hydrogen-bond acceptors (Lipinski definition) is 10. The van der Waals surface area contributed by atoms with Gasteiger partial charge in [0.2, 0.25) is 5.91 Å². The highest BCUT2D eigenvalue weighted by molar-refractivity contribution is 7.24. The number of benzene rings is 2. The van der Waals surface area contributed by atoms with E-state index in [0.717, 1.165) is 74.8 Å². The lowest BCUT2D eigenvalue weighted by Gasteiger charge is -2.28. The quantitative estimate of drug-likeness (QED) is 0.139. The van der Waals surface area contributed by atoms with E-state index in [-0.39, 0.29) is 23.9 Å². The van der Waals surface area contributed by atoms with Crippen LogP contribution in [0.2, 0.25) is 0 Å². The van der Waals surface area contributed by atoms with Gasteiger partial charge in [0.1, 0.15) is 17.7 Å². The number of aromatic amines is 2. The molecule has 0 unspecified atom stereocenters. The van der Waals surface area contributed by atoms with E-state index in [4.69, 9.17) is 4.74 Å². The van der Waals surface area contributed by atoms with Crippen molar-refractivity contribution in [1.82, 2.24) is 45.0 Å². The van der Waals surface area contributed by atoms with Crippen LogP contribution in [-0.2, 0) is 20.7 Å². The van der Waals surface area contributed by atoms with Gasteiger partial charge in [-0.15, -0.1) is 22.7 Å². The minimum atomic E-state index is -0.884. The summed E-state index contributed by atoms with van der Waals surface area (Å²) in [6, 6.07) is 17.8. The zero-order valence-corrected chi connectivity index (χ0v) is 30.5. The maximum Gasteiger partial charge on any atom is 0.407 e. The number of hydrogen-bond donors (Lipinski definition) is 3. The van der Waals surface area contributed by atoms with E-state index < -0.39 is 12.1 Å². The number of nitrogens with zero attached hydrogens (tertiary/aromatic N) is 6. The molecule has 4 aromatic heterocycles. The predicted molar refractivity (Wildman–Crippen MR) is 201 cm³/mol. The second kappa shape index (κ2) is 15.1. The summed E-state index contributed by atoms with van der Waals surface area (Å²) in [4.78, 5) is 70.4. The van der Waals surface area contributed by atoms with Gasteiger partial charge in [-0.2, -0.15) is 0 Å². The number of aromatic nitrogens is 6. The first-order chi connectivity index (χ1) is 25.9. The van der Waals surface area contributed by atoms with Crippen molar-refractivity contribution in [3.8, 4) is 31.2 Å². The van der Waals surface area contributed by atoms with E-state index in [1.807, 2.05) is 78.0 Å². The number of carbonyl (C=O) groups is 3. The van der Waals surface area contributed by atoms with Gasteiger partial charge < -0.3 is 29.8 Å². The van der Waals surface area contributed by atoms with E-state index in [0.29, 0.717) is 24.4 Å². The number of carbonyl (C=O) groups excluding carboxylic acids is 3. The highest BCUT2D eigenvalue weighted by atomic mass is 32.1. The number of alkyl carbamates (subject to hydrolysis) is 1. The Morgan fingerprint density at radius 2 is 1.32 bits per heavy atom. The first-order valence-corrected chi connectivity index (χ1v) is 19.1. The van der Waals surface area contributed by atoms with Crippen molar-refractivity contribution in [2.45, 2.75) is 50.2 Å². The normalized spacial score (nSPS) is 17.6. The minimum Gasteiger partial charge on any atom is -0.453 e. The highest BCUT2D eigenvalue weighted by Gasteiger charge is 2.37. The fourth-order valence-corrected chi connectivity index (χ4v) is 8.87. The molecule has 0 spiro atoms. The summed E-state index contributed by atoms with van der Waals surface area (Å²) in [6.45, 7) is 1.27. The molecule has 3 atom stereocenters. The fraction of sp³-hybridized carbons (Fsp3) is 0.289. The maximum atomic E-state index is 13.9. The average Bonchev–Trinajstić information content (AvgIpc) is 4.04. The van der Waals surface area contributed by atoms with Gasteiger partial charge in [-0.3, -0.25) is 9.59 Å². The Labute approximate surface area is 313 Å². The molecule has 0 aliphatic carbocycles. The monoisotopic (exact) mass is 747 g/mol. The molecular formula is C38H37N9O4S2. The maximum absolute atomic E-state index is 13.9. The Hall–Kier alpha value is -5.67. The molecule has 2 aliphatic rings. The molecule has 0 bridgehead atoms. The zero-order valence-electron chi connectivity index (χ0n) is 28.9. The van der Waals surface area contributed by atoms with Crippen LogP contribution in [0.3, 0.4) is 0 Å². The van der Waals surface area contributed by atoms with Gasteiger partial charge in [-0.05, 0) is 36.8 Å². The second-order valence-corrected chi connectivity index (χ2v) is 15.1. The van der Waals surface area contributed by atoms with E-state index in [9.17, 15) is 14.4 Å². The molecule has 6 heterocycles. The molecule has 6 aromatic rings. The van der Waals surface area contributed by atoms with Gasteiger partial charge in [0, 0.05) is 25.5 Å². The van der Waals surface area contributed by atoms with E-state index in [1.54, 1.807) is 17.3 Å². The molecule has 2 aromatic carbocycles. The number of amides is 3. The van der Waals surface area contributed by atoms with Crippen LogP contribution in [0.5, 0.6) is 0 Å². The summed E-state index contributed by atoms with van der Waals surface area (Å²) in [7, 11) is 1.28. The lowest BCUT2D eigenvalue weighted by atomic mass is 10.1. The van der Waals surface area contributed by atoms with Crippen molar-refractivity contribution in [3.05, 3.63) is 108 Å². The third-order valence-corrected chi connectivity index (χ3v) is 11.9. The van der Waals surface area contributed by atoms with Gasteiger partial charge in [0.05, 0.1) is 59.2 Å². The lowest BCUT2D eigenvalue weighted by molar-refractivity contribution is -0.134. The van der Waals surface area contributed by atoms with E-state index in [2.05, 4.69) is 35.2 Å². The summed E-state index contributed by atoms with van der Waals surface area (Å²) < 4.78 is 4.82. The first kappa shape index (κ1) is 34.4. The number of nitrogens with one attached hydrogen (secondary N) is 3. The van der Waals surface area contributed by atoms with Crippen LogP contribution in [0.1, 0.15) is 66.6 Å². The largest absolute Gasteiger partial charge is 0.453 e. The summed E-state index contributed by atoms with van der Waals surface area (Å²) in [5.41, 5.74) is 3.34. The van der Waals surface area contributed by atoms with Gasteiger partial charge in [-0.1, -0.05) is 60.7 Å². The third kappa shape index (κ3) is 7.22. The Bertz CT molecular complexity index is 2210. The van der Waals surface area contributed by atoms with Crippen molar-refractivity contribution < 1.29 is 19.1 Å². The van der Waals surface area contributed by atoms with Crippen LogP contribution in [0, 0.1) is 0 Å². The number of thiazole rings is 2. The third-order valence-electron chi connectivity index (χ3n) is 9.68. The van der Waals surface area contributed by atoms with E-state index >= 15 is 0 Å². The number of imidazole rings is 2. The lowest BCUT2D eigenvalue weighted by Crippen LogP contribution is -2.42. The zero-order chi connectivity index (χ0) is 36.3. The van der Waals surface area contributed by atoms with Crippen LogP contribution in [0.25, 0.3) is 31.2 Å². The molecule has 0 radical (unpaired) electrons. The topological polar surface area (TPSA) is 162 Å². The molecule has 8 rings (SSSR count). The summed E-state index contributed by atoms with van der Waals surface area (Å²) >= 11 is 3.03. The average molecular weight is 748 g/mol. The molecule has 0 saturated carbocycles. The molecular weight excluding hydrogens is 711 g/mol. The molecule has 3 amide bonds. The molecule has 53 heavy (non-hydrogen) atoms. The Kier molecular flexibility index (Phi) is 9.82. The van der Waals surface area contributed by atoms with Gasteiger partial charge in [0.15, 0.2) is 10.0 Å². The standard InChI is InChI=1S/C38H37N9O4S2/c1-51-38(50)45-32(24-12-6-3-7-13-24)37(49)47-17-9-15-28(47)34-40-20-26(44-34)30-22-42-36(53-30)35-41-21-29(52-35)25-19-39-33(43-25)27-14-8-16-46(27)31(48)18-23-10-4-2-5-11-23/h2-7,10-13,19-22,27-28,32H,8-9,14-18H2,1H3,(H,39,43)(H,40,44)(H,45,50)/t27-,28-,32+/m0/s1. The van der Waals surface area contributed by atoms with Gasteiger partial charge >= 0.3 is 6.09 Å². The Balaban J connectivity index is 0.945. The summed E-state index contributed by atoms with van der Waals surface area (Å²) in [5, 5.41) is 4.26. The van der Waals surface area contributed by atoms with Crippen molar-refractivity contribution in [2.24, 2.45) is 0 Å². The Morgan fingerprint density at radius 1 is 0.774 bits per heavy atom. The summed E-state index contributed by atoms with van der Waals surface area (Å²) in [6.07, 6.45) is 10.3. The van der Waals surface area contributed by atoms with Crippen LogP contribution in [0.15, 0.2) is 85.5 Å². The van der Waals surface area contributed by atoms with Gasteiger partial charge in [-0.25, -0.2) is 24.7 Å². The molecule has 15 heteroatoms. The van der Waals surface area contributed by atoms with Crippen molar-refractivity contribution in [1.29, 1.82) is 0 Å². The second-order valence-electron chi connectivity index (χ2n) is 13.0. The SMILES string of the molecule is COC(=O)N[C@@H](C(=O)N1CCC[C@H]1c1ncc(-c2cnc(-c3ncc(-c4cnc([C@@H]5CCCN5C(=O)Cc5ccccc5)[nH]4)s3)s2)[nH]1)c1ccccc1. The van der Waals surface area contributed by atoms with Crippen LogP contribution < -0.4 is 5.32 Å². The number of likely N-dealkylation sites (tertiary alicyclic amines) is 2. The number of ether oxygens (including phenoxy) is 1. The number of rotatable bonds is 10. The van der Waals surface area contributed by atoms with E-state index in [1.165, 1.54) is 29.8 Å². The molecule has 2 fully saturated rings. The number of methoxy groups -OCH3 is 1. The predicted octanol–water partition coefficient (Wildman–Crippen LogP) is 6.71. The molecule has 13 nitrogen and oxygen atoms in total. The molecule has 270 valence electrons. The van der Waals surface area contributed by atoms with Crippen LogP contribution in [0.4, 0.5) is 4.79 Å². The Morgan fingerprint density at radius 3 is 1.91 bits per heavy atom. The molecule has 2 saturated heterocycles. The first-order valence-electron chi connectivity index (χ1n) is 17.5. The highest BCUT2D eigenvalue weighted by Crippen LogP contribution is 2.39. The molecule has 2 aliphatic heterocycles. The van der Waals surface area contributed by atoms with Crippen molar-refractivity contribution in [3.63, 3.8) is 0 Å². The van der Waals surface area contributed by atoms with Crippen molar-refractivity contribution in [2.75, 3.05) is 20.2 Å².